The van der Waals surface area contributed by atoms with E-state index < -0.39 is 56.4 Å². The van der Waals surface area contributed by atoms with Gasteiger partial charge in [-0.25, -0.2) is 0 Å². The molecule has 1 aromatic carbocycles. The first-order chi connectivity index (χ1) is 6.86. The molecule has 1 rings (SSSR count). The summed E-state index contributed by atoms with van der Waals surface area (Å²) in [7, 11) is 0. The van der Waals surface area contributed by atoms with Crippen LogP contribution in [-0.4, -0.2) is 21.8 Å². The van der Waals surface area contributed by atoms with Gasteiger partial charge in [0.2, 0.25) is 0 Å². The van der Waals surface area contributed by atoms with Gasteiger partial charge in [0.15, 0.2) is 0 Å². The summed E-state index contributed by atoms with van der Waals surface area (Å²) in [5.74, 6) is -9.17. The Labute approximate surface area is 91.8 Å². The van der Waals surface area contributed by atoms with E-state index in [0.717, 1.165) is 0 Å². The molecule has 0 fully saturated rings. The van der Waals surface area contributed by atoms with E-state index in [1.165, 1.54) is 0 Å². The van der Waals surface area contributed by atoms with Crippen LogP contribution in [0, 0.1) is 29.1 Å². The molecule has 0 saturated carbocycles. The first-order valence-electron chi connectivity index (χ1n) is 4.01. The van der Waals surface area contributed by atoms with E-state index in [2.05, 4.69) is 0 Å². The molecule has 15 heavy (non-hydrogen) atoms. The number of hydrogen-bond acceptors (Lipinski definition) is 0. The van der Waals surface area contributed by atoms with Crippen molar-refractivity contribution in [2.24, 2.45) is 0 Å². The maximum atomic E-state index is 13.1. The van der Waals surface area contributed by atoms with Crippen molar-refractivity contribution < 1.29 is 22.0 Å². The Hall–Kier alpha value is -0.247. The van der Waals surface area contributed by atoms with Gasteiger partial charge in [-0.15, -0.1) is 0 Å². The van der Waals surface area contributed by atoms with Crippen molar-refractivity contribution in [1.29, 1.82) is 0 Å². The van der Waals surface area contributed by atoms with Gasteiger partial charge in [0.25, 0.3) is 0 Å². The Kier molecular flexibility index (Phi) is 4.04. The van der Waals surface area contributed by atoms with Gasteiger partial charge in [-0.05, 0) is 0 Å². The van der Waals surface area contributed by atoms with Gasteiger partial charge in [0.05, 0.1) is 0 Å². The summed E-state index contributed by atoms with van der Waals surface area (Å²) in [4.78, 5) is 0. The van der Waals surface area contributed by atoms with Gasteiger partial charge in [-0.2, -0.15) is 0 Å². The third kappa shape index (κ3) is 2.47. The van der Waals surface area contributed by atoms with Crippen molar-refractivity contribution in [2.45, 2.75) is 13.4 Å². The number of halogens is 5. The molecular formula is C9H8BiF5. The molecule has 0 radical (unpaired) electrons. The van der Waals surface area contributed by atoms with E-state index >= 15 is 0 Å². The molecule has 0 heterocycles. The molecule has 84 valence electrons. The van der Waals surface area contributed by atoms with E-state index in [9.17, 15) is 22.0 Å². The molecule has 0 saturated heterocycles. The summed E-state index contributed by atoms with van der Waals surface area (Å²) >= 11 is -2.03. The summed E-state index contributed by atoms with van der Waals surface area (Å²) in [6.45, 7) is 0. The van der Waals surface area contributed by atoms with Crippen LogP contribution in [-0.2, 0) is 4.13 Å². The molecule has 0 aliphatic rings. The SMILES string of the molecule is [CH3][Bi]([CH3])[CH2]c1c(F)c(F)c(F)c(F)c1F. The summed E-state index contributed by atoms with van der Waals surface area (Å²) in [6, 6.07) is 0. The van der Waals surface area contributed by atoms with Gasteiger partial charge in [-0.3, -0.25) is 0 Å². The van der Waals surface area contributed by atoms with Gasteiger partial charge >= 0.3 is 91.7 Å². The number of rotatable bonds is 2. The Morgan fingerprint density at radius 1 is 0.733 bits per heavy atom. The fraction of sp³-hybridized carbons (Fsp3) is 0.333. The van der Waals surface area contributed by atoms with Gasteiger partial charge in [0.1, 0.15) is 0 Å². The van der Waals surface area contributed by atoms with Crippen LogP contribution >= 0.6 is 0 Å². The molecule has 0 nitrogen and oxygen atoms in total. The van der Waals surface area contributed by atoms with Crippen LogP contribution in [0.15, 0.2) is 0 Å². The van der Waals surface area contributed by atoms with Crippen molar-refractivity contribution in [2.75, 3.05) is 0 Å². The Morgan fingerprint density at radius 3 is 1.40 bits per heavy atom. The molecule has 0 bridgehead atoms. The molecule has 6 heteroatoms. The van der Waals surface area contributed by atoms with Crippen LogP contribution in [0.2, 0.25) is 9.26 Å². The van der Waals surface area contributed by atoms with E-state index in [1.807, 2.05) is 9.26 Å². The standard InChI is InChI=1S/C7H2F5.2CH3.Bi/c1-2-3(8)5(10)7(12)6(11)4(2)9;;;/h1H2;2*1H3;. The summed E-state index contributed by atoms with van der Waals surface area (Å²) in [6.07, 6.45) is 0. The van der Waals surface area contributed by atoms with Gasteiger partial charge in [-0.1, -0.05) is 0 Å². The van der Waals surface area contributed by atoms with Crippen LogP contribution in [0.1, 0.15) is 5.56 Å². The van der Waals surface area contributed by atoms with Crippen molar-refractivity contribution in [1.82, 2.24) is 0 Å². The predicted octanol–water partition coefficient (Wildman–Crippen LogP) is 3.22. The first kappa shape index (κ1) is 12.8. The zero-order chi connectivity index (χ0) is 11.7. The number of benzene rings is 1. The fourth-order valence-electron chi connectivity index (χ4n) is 1.11. The Morgan fingerprint density at radius 2 is 1.07 bits per heavy atom. The summed E-state index contributed by atoms with van der Waals surface area (Å²) in [5.41, 5.74) is -0.658. The second kappa shape index (κ2) is 4.73. The Balaban J connectivity index is 3.39. The number of hydrogen-bond donors (Lipinski definition) is 0. The topological polar surface area (TPSA) is 0 Å². The van der Waals surface area contributed by atoms with Crippen molar-refractivity contribution >= 4 is 21.8 Å². The molecule has 0 aliphatic heterocycles. The molecule has 1 aromatic rings. The van der Waals surface area contributed by atoms with Crippen molar-refractivity contribution in [3.05, 3.63) is 34.6 Å². The summed E-state index contributed by atoms with van der Waals surface area (Å²) in [5, 5.41) is 0. The third-order valence-electron chi connectivity index (χ3n) is 1.78. The quantitative estimate of drug-likeness (QED) is 0.299. The molecule has 0 unspecified atom stereocenters. The normalized spacial score (nSPS) is 11.2. The van der Waals surface area contributed by atoms with Crippen molar-refractivity contribution in [3.63, 3.8) is 0 Å². The van der Waals surface area contributed by atoms with E-state index in [4.69, 9.17) is 0 Å². The average Bonchev–Trinajstić information content (AvgIpc) is 2.18. The molecule has 0 amide bonds. The van der Waals surface area contributed by atoms with Crippen LogP contribution in [0.3, 0.4) is 0 Å². The van der Waals surface area contributed by atoms with E-state index in [-0.39, 0.29) is 4.13 Å². The average molecular weight is 420 g/mol. The molecule has 0 aromatic heterocycles. The fourth-order valence-corrected chi connectivity index (χ4v) is 4.64. The second-order valence-corrected chi connectivity index (χ2v) is 12.9. The maximum absolute atomic E-state index is 13.1. The monoisotopic (exact) mass is 420 g/mol. The van der Waals surface area contributed by atoms with Crippen LogP contribution in [0.25, 0.3) is 0 Å². The second-order valence-electron chi connectivity index (χ2n) is 3.29. The Bertz CT molecular complexity index is 360. The van der Waals surface area contributed by atoms with E-state index in [0.29, 0.717) is 0 Å². The van der Waals surface area contributed by atoms with Crippen LogP contribution in [0.4, 0.5) is 22.0 Å². The zero-order valence-electron chi connectivity index (χ0n) is 8.04. The van der Waals surface area contributed by atoms with Crippen molar-refractivity contribution in [3.8, 4) is 0 Å². The van der Waals surface area contributed by atoms with Crippen LogP contribution < -0.4 is 0 Å². The first-order valence-corrected chi connectivity index (χ1v) is 13.4. The molecule has 0 N–H and O–H groups in total. The predicted molar refractivity (Wildman–Crippen MR) is 47.4 cm³/mol. The van der Waals surface area contributed by atoms with E-state index in [1.54, 1.807) is 0 Å². The molecule has 0 atom stereocenters. The molecule has 0 aliphatic carbocycles. The van der Waals surface area contributed by atoms with Gasteiger partial charge < -0.3 is 0 Å². The van der Waals surface area contributed by atoms with Crippen LogP contribution in [0.5, 0.6) is 0 Å². The van der Waals surface area contributed by atoms with Gasteiger partial charge in [0, 0.05) is 0 Å². The minimum atomic E-state index is -2.09. The minimum absolute atomic E-state index is 0.0150. The summed E-state index contributed by atoms with van der Waals surface area (Å²) < 4.78 is 67.9. The zero-order valence-corrected chi connectivity index (χ0v) is 11.5. The molecular weight excluding hydrogens is 412 g/mol. The molecule has 0 spiro atoms. The third-order valence-corrected chi connectivity index (χ3v) is 5.46.